The molecular formula is C47H73NO8. The summed E-state index contributed by atoms with van der Waals surface area (Å²) in [6.07, 6.45) is 47.5. The molecule has 0 radical (unpaired) electrons. The number of amides is 1. The molecule has 1 saturated heterocycles. The fourth-order valence-corrected chi connectivity index (χ4v) is 5.43. The average molecular weight is 780 g/mol. The van der Waals surface area contributed by atoms with Gasteiger partial charge in [-0.15, -0.1) is 0 Å². The quantitative estimate of drug-likeness (QED) is 0.0306. The molecule has 7 atom stereocenters. The maximum Gasteiger partial charge on any atom is 0.220 e. The second kappa shape index (κ2) is 36.0. The third-order valence-corrected chi connectivity index (χ3v) is 8.79. The van der Waals surface area contributed by atoms with Gasteiger partial charge in [0, 0.05) is 6.42 Å². The molecule has 1 aliphatic rings. The summed E-state index contributed by atoms with van der Waals surface area (Å²) in [4.78, 5) is 12.8. The van der Waals surface area contributed by atoms with Crippen LogP contribution in [0, 0.1) is 0 Å². The van der Waals surface area contributed by atoms with Crippen LogP contribution < -0.4 is 5.32 Å². The number of unbranched alkanes of at least 4 members (excludes halogenated alkanes) is 3. The van der Waals surface area contributed by atoms with E-state index in [1.807, 2.05) is 6.08 Å². The number of allylic oxidation sites excluding steroid dienone is 19. The van der Waals surface area contributed by atoms with Gasteiger partial charge in [0.2, 0.25) is 5.91 Å². The Hall–Kier alpha value is -3.41. The lowest BCUT2D eigenvalue weighted by Crippen LogP contribution is -2.60. The van der Waals surface area contributed by atoms with E-state index >= 15 is 0 Å². The van der Waals surface area contributed by atoms with Gasteiger partial charge in [-0.05, 0) is 77.0 Å². The van der Waals surface area contributed by atoms with Crippen LogP contribution in [0.25, 0.3) is 0 Å². The fraction of sp³-hybridized carbons (Fsp3) is 0.553. The molecule has 1 heterocycles. The molecule has 0 saturated carbocycles. The Kier molecular flexibility index (Phi) is 32.5. The molecule has 56 heavy (non-hydrogen) atoms. The molecule has 0 aliphatic carbocycles. The molecule has 0 bridgehead atoms. The van der Waals surface area contributed by atoms with E-state index in [4.69, 9.17) is 9.47 Å². The van der Waals surface area contributed by atoms with E-state index in [1.54, 1.807) is 6.08 Å². The minimum Gasteiger partial charge on any atom is -0.394 e. The van der Waals surface area contributed by atoms with Crippen molar-refractivity contribution in [3.63, 3.8) is 0 Å². The highest BCUT2D eigenvalue weighted by Crippen LogP contribution is 2.22. The van der Waals surface area contributed by atoms with Crippen LogP contribution in [-0.4, -0.2) is 87.5 Å². The van der Waals surface area contributed by atoms with Crippen molar-refractivity contribution in [1.82, 2.24) is 5.32 Å². The molecule has 0 aromatic carbocycles. The van der Waals surface area contributed by atoms with Crippen LogP contribution >= 0.6 is 0 Å². The Labute approximate surface area is 338 Å². The minimum atomic E-state index is -1.58. The molecule has 1 aliphatic heterocycles. The van der Waals surface area contributed by atoms with E-state index in [1.165, 1.54) is 0 Å². The molecule has 314 valence electrons. The fourth-order valence-electron chi connectivity index (χ4n) is 5.43. The summed E-state index contributed by atoms with van der Waals surface area (Å²) < 4.78 is 11.0. The number of nitrogens with one attached hydrogen (secondary N) is 1. The molecule has 9 heteroatoms. The zero-order valence-corrected chi connectivity index (χ0v) is 34.1. The van der Waals surface area contributed by atoms with Crippen LogP contribution in [0.2, 0.25) is 0 Å². The largest absolute Gasteiger partial charge is 0.394 e. The van der Waals surface area contributed by atoms with Crippen molar-refractivity contribution in [3.05, 3.63) is 122 Å². The van der Waals surface area contributed by atoms with Crippen molar-refractivity contribution in [2.24, 2.45) is 0 Å². The Morgan fingerprint density at radius 1 is 0.625 bits per heavy atom. The average Bonchev–Trinajstić information content (AvgIpc) is 3.20. The first-order valence-corrected chi connectivity index (χ1v) is 20.8. The lowest BCUT2D eigenvalue weighted by Gasteiger charge is -2.40. The van der Waals surface area contributed by atoms with E-state index in [-0.39, 0.29) is 18.9 Å². The SMILES string of the molecule is CC/C=C\C/C=C\C/C=C\C/C=C\C/C=C\C/C=C\C/C=C\C/C=C\C/C=C\CCCC(=O)NC(COC1OC(CO)C(O)C(O)C1O)C(O)/C=C/CCCC. The first kappa shape index (κ1) is 50.6. The molecule has 1 amide bonds. The standard InChI is InChI=1S/C47H73NO8/c1-3-5-7-9-10-11-12-13-14-15-16-17-18-19-20-21-22-23-24-25-26-27-28-29-30-31-32-33-35-37-43(51)48-40(41(50)36-34-8-6-4-2)39-55-47-46(54)45(53)44(52)42(38-49)56-47/h5,7,10-11,13-14,16-17,19-20,22-23,25-26,28-29,31-32,34,36,40-42,44-47,49-50,52-54H,3-4,6,8-9,12,15,18,21,24,27,30,33,35,37-39H2,1-2H3,(H,48,51)/b7-5-,11-10-,14-13-,17-16-,20-19-,23-22-,26-25-,29-28-,32-31-,36-34+. The molecule has 7 unspecified atom stereocenters. The van der Waals surface area contributed by atoms with E-state index in [9.17, 15) is 30.3 Å². The molecule has 0 spiro atoms. The lowest BCUT2D eigenvalue weighted by molar-refractivity contribution is -0.302. The van der Waals surface area contributed by atoms with Crippen molar-refractivity contribution in [2.75, 3.05) is 13.2 Å². The van der Waals surface area contributed by atoms with E-state index in [0.29, 0.717) is 6.42 Å². The Balaban J connectivity index is 2.24. The summed E-state index contributed by atoms with van der Waals surface area (Å²) in [6, 6.07) is -0.840. The maximum atomic E-state index is 12.8. The third kappa shape index (κ3) is 26.4. The van der Waals surface area contributed by atoms with Gasteiger partial charge in [0.1, 0.15) is 24.4 Å². The zero-order chi connectivity index (χ0) is 40.9. The van der Waals surface area contributed by atoms with Crippen molar-refractivity contribution < 1.29 is 39.8 Å². The van der Waals surface area contributed by atoms with Gasteiger partial charge in [-0.1, -0.05) is 148 Å². The number of hydrogen-bond acceptors (Lipinski definition) is 8. The van der Waals surface area contributed by atoms with Gasteiger partial charge < -0.3 is 40.3 Å². The van der Waals surface area contributed by atoms with Crippen LogP contribution in [0.3, 0.4) is 0 Å². The number of aliphatic hydroxyl groups excluding tert-OH is 5. The number of rotatable bonds is 31. The van der Waals surface area contributed by atoms with Gasteiger partial charge >= 0.3 is 0 Å². The van der Waals surface area contributed by atoms with Crippen molar-refractivity contribution >= 4 is 5.91 Å². The van der Waals surface area contributed by atoms with Gasteiger partial charge in [0.25, 0.3) is 0 Å². The van der Waals surface area contributed by atoms with Crippen molar-refractivity contribution in [2.45, 2.75) is 153 Å². The van der Waals surface area contributed by atoms with Gasteiger partial charge in [0.05, 0.1) is 25.4 Å². The molecule has 6 N–H and O–H groups in total. The highest BCUT2D eigenvalue weighted by atomic mass is 16.7. The van der Waals surface area contributed by atoms with E-state index < -0.39 is 49.5 Å². The Bertz CT molecular complexity index is 1270. The molecule has 0 aromatic rings. The lowest BCUT2D eigenvalue weighted by atomic mass is 9.99. The molecular weight excluding hydrogens is 707 g/mol. The molecule has 9 nitrogen and oxygen atoms in total. The highest BCUT2D eigenvalue weighted by molar-refractivity contribution is 5.76. The second-order valence-corrected chi connectivity index (χ2v) is 13.7. The van der Waals surface area contributed by atoms with Crippen molar-refractivity contribution in [1.29, 1.82) is 0 Å². The predicted octanol–water partition coefficient (Wildman–Crippen LogP) is 8.10. The number of aliphatic hydroxyl groups is 5. The summed E-state index contributed by atoms with van der Waals surface area (Å²) in [7, 11) is 0. The monoisotopic (exact) mass is 780 g/mol. The number of carbonyl (C=O) groups is 1. The van der Waals surface area contributed by atoms with Crippen LogP contribution in [0.15, 0.2) is 122 Å². The van der Waals surface area contributed by atoms with Gasteiger partial charge in [-0.2, -0.15) is 0 Å². The molecule has 1 rings (SSSR count). The van der Waals surface area contributed by atoms with Gasteiger partial charge in [-0.3, -0.25) is 4.79 Å². The normalized spacial score (nSPS) is 22.4. The number of ether oxygens (including phenoxy) is 2. The highest BCUT2D eigenvalue weighted by Gasteiger charge is 2.44. The number of carbonyl (C=O) groups excluding carboxylic acids is 1. The first-order valence-electron chi connectivity index (χ1n) is 20.8. The molecule has 0 aromatic heterocycles. The van der Waals surface area contributed by atoms with Crippen LogP contribution in [-0.2, 0) is 14.3 Å². The first-order chi connectivity index (χ1) is 27.3. The van der Waals surface area contributed by atoms with E-state index in [2.05, 4.69) is 129 Å². The summed E-state index contributed by atoms with van der Waals surface area (Å²) in [5.74, 6) is -0.252. The van der Waals surface area contributed by atoms with Crippen LogP contribution in [0.1, 0.15) is 110 Å². The summed E-state index contributed by atoms with van der Waals surface area (Å²) in [5, 5.41) is 53.4. The smallest absolute Gasteiger partial charge is 0.220 e. The van der Waals surface area contributed by atoms with Gasteiger partial charge in [-0.25, -0.2) is 0 Å². The van der Waals surface area contributed by atoms with E-state index in [0.717, 1.165) is 83.5 Å². The zero-order valence-electron chi connectivity index (χ0n) is 34.1. The maximum absolute atomic E-state index is 12.8. The summed E-state index contributed by atoms with van der Waals surface area (Å²) >= 11 is 0. The number of hydrogen-bond donors (Lipinski definition) is 6. The minimum absolute atomic E-state index is 0.225. The molecule has 1 fully saturated rings. The summed E-state index contributed by atoms with van der Waals surface area (Å²) in [6.45, 7) is 3.42. The van der Waals surface area contributed by atoms with Crippen LogP contribution in [0.5, 0.6) is 0 Å². The van der Waals surface area contributed by atoms with Gasteiger partial charge in [0.15, 0.2) is 6.29 Å². The Morgan fingerprint density at radius 3 is 1.52 bits per heavy atom. The Morgan fingerprint density at radius 2 is 1.07 bits per heavy atom. The topological polar surface area (TPSA) is 149 Å². The predicted molar refractivity (Wildman–Crippen MR) is 230 cm³/mol. The summed E-state index contributed by atoms with van der Waals surface area (Å²) in [5.41, 5.74) is 0. The van der Waals surface area contributed by atoms with Crippen molar-refractivity contribution in [3.8, 4) is 0 Å². The van der Waals surface area contributed by atoms with Crippen LogP contribution in [0.4, 0.5) is 0 Å². The third-order valence-electron chi connectivity index (χ3n) is 8.79. The second-order valence-electron chi connectivity index (χ2n) is 13.7.